The Morgan fingerprint density at radius 3 is 1.16 bits per heavy atom. The molecule has 2 atom stereocenters. The van der Waals surface area contributed by atoms with E-state index < -0.39 is 22.2 Å². The summed E-state index contributed by atoms with van der Waals surface area (Å²) in [5.41, 5.74) is 5.64. The van der Waals surface area contributed by atoms with Crippen molar-refractivity contribution in [1.29, 1.82) is 0 Å². The largest absolute Gasteiger partial charge is 0.496 e. The van der Waals surface area contributed by atoms with Crippen molar-refractivity contribution in [1.82, 2.24) is 5.32 Å². The van der Waals surface area contributed by atoms with Crippen LogP contribution in [0.3, 0.4) is 0 Å². The van der Waals surface area contributed by atoms with Gasteiger partial charge in [0, 0.05) is 34.8 Å². The lowest BCUT2D eigenvalue weighted by molar-refractivity contribution is 0.0582. The Balaban J connectivity index is 2.66. The molecule has 7 heteroatoms. The molecule has 0 radical (unpaired) electrons. The van der Waals surface area contributed by atoms with Gasteiger partial charge in [-0.3, -0.25) is 0 Å². The van der Waals surface area contributed by atoms with Gasteiger partial charge in [0.2, 0.25) is 0 Å². The van der Waals surface area contributed by atoms with E-state index in [0.717, 1.165) is 24.5 Å². The summed E-state index contributed by atoms with van der Waals surface area (Å²) >= 11 is 0. The average Bonchev–Trinajstić information content (AvgIpc) is 3.39. The van der Waals surface area contributed by atoms with Crippen LogP contribution in [-0.4, -0.2) is 49.5 Å². The van der Waals surface area contributed by atoms with Crippen molar-refractivity contribution in [3.8, 4) is 11.5 Å². The Kier molecular flexibility index (Phi) is 12.2. The van der Waals surface area contributed by atoms with E-state index in [9.17, 15) is 0 Å². The zero-order chi connectivity index (χ0) is 39.6. The Morgan fingerprint density at radius 1 is 0.569 bits per heavy atom. The van der Waals surface area contributed by atoms with Crippen LogP contribution in [0.5, 0.6) is 11.5 Å². The third kappa shape index (κ3) is 9.36. The molecule has 0 spiro atoms. The molecular weight excluding hydrogens is 663 g/mol. The standard InChI is InChI=1S/C44H77NO4Si2/c1-39(2,3)32-23-29(24-33(37(32)46-16)40(4,5)6)44(49-50(18,19)20,36-27-31(28-45-36)48-51(21,22)43(13,14)15)30-25-34(41(7,8)9)38(47-17)35(26-30)42(10,11)12/h23-26,31,36,45H,27-28H2,1-22H3/t31-,36+/m1/s1. The van der Waals surface area contributed by atoms with Gasteiger partial charge in [-0.25, -0.2) is 0 Å². The zero-order valence-corrected chi connectivity index (χ0v) is 39.0. The second-order valence-corrected chi connectivity index (χ2v) is 31.0. The average molecular weight is 740 g/mol. The molecule has 1 heterocycles. The summed E-state index contributed by atoms with van der Waals surface area (Å²) in [4.78, 5) is 0. The summed E-state index contributed by atoms with van der Waals surface area (Å²) in [6.45, 7) is 47.0. The predicted molar refractivity (Wildman–Crippen MR) is 224 cm³/mol. The lowest BCUT2D eigenvalue weighted by atomic mass is 9.70. The molecule has 2 aromatic rings. The Labute approximate surface area is 316 Å². The van der Waals surface area contributed by atoms with Crippen LogP contribution in [0.2, 0.25) is 37.8 Å². The molecule has 0 aromatic heterocycles. The van der Waals surface area contributed by atoms with Gasteiger partial charge in [0.25, 0.3) is 0 Å². The third-order valence-corrected chi connectivity index (χ3v) is 16.5. The molecule has 1 N–H and O–H groups in total. The van der Waals surface area contributed by atoms with E-state index in [4.69, 9.17) is 18.3 Å². The van der Waals surface area contributed by atoms with Crippen molar-refractivity contribution in [3.63, 3.8) is 0 Å². The molecule has 290 valence electrons. The first-order chi connectivity index (χ1) is 22.7. The molecular formula is C44H77NO4Si2. The van der Waals surface area contributed by atoms with Gasteiger partial charge < -0.3 is 23.6 Å². The first-order valence-electron chi connectivity index (χ1n) is 19.3. The highest BCUT2D eigenvalue weighted by atomic mass is 28.4. The molecule has 5 nitrogen and oxygen atoms in total. The molecule has 51 heavy (non-hydrogen) atoms. The van der Waals surface area contributed by atoms with Gasteiger partial charge in [-0.2, -0.15) is 0 Å². The summed E-state index contributed by atoms with van der Waals surface area (Å²) in [6, 6.07) is 9.61. The van der Waals surface area contributed by atoms with Crippen molar-refractivity contribution >= 4 is 16.6 Å². The van der Waals surface area contributed by atoms with E-state index >= 15 is 0 Å². The van der Waals surface area contributed by atoms with Crippen molar-refractivity contribution in [3.05, 3.63) is 57.6 Å². The fourth-order valence-electron chi connectivity index (χ4n) is 7.29. The van der Waals surface area contributed by atoms with Crippen LogP contribution in [0.15, 0.2) is 24.3 Å². The van der Waals surface area contributed by atoms with Gasteiger partial charge >= 0.3 is 0 Å². The van der Waals surface area contributed by atoms with E-state index in [1.54, 1.807) is 0 Å². The molecule has 0 amide bonds. The van der Waals surface area contributed by atoms with Crippen molar-refractivity contribution in [2.24, 2.45) is 0 Å². The molecule has 0 bridgehead atoms. The van der Waals surface area contributed by atoms with Gasteiger partial charge in [0.05, 0.1) is 20.3 Å². The first-order valence-corrected chi connectivity index (χ1v) is 25.6. The maximum atomic E-state index is 7.90. The maximum absolute atomic E-state index is 7.90. The van der Waals surface area contributed by atoms with Crippen molar-refractivity contribution < 1.29 is 18.3 Å². The van der Waals surface area contributed by atoms with Crippen LogP contribution >= 0.6 is 0 Å². The minimum atomic E-state index is -2.26. The van der Waals surface area contributed by atoms with Crippen LogP contribution in [-0.2, 0) is 36.1 Å². The van der Waals surface area contributed by atoms with Crippen LogP contribution in [0, 0.1) is 0 Å². The molecule has 1 aliphatic heterocycles. The second-order valence-electron chi connectivity index (χ2n) is 21.9. The number of rotatable bonds is 9. The minimum absolute atomic E-state index is 0.0398. The SMILES string of the molecule is COc1c(C(C)(C)C)cc(C(O[Si](C)(C)C)(c2cc(C(C)(C)C)c(OC)c(C(C)(C)C)c2)[C@@H]2C[C@@H](O[Si](C)(C)C(C)(C)C)CN2)cc1C(C)(C)C. The second kappa shape index (κ2) is 14.2. The van der Waals surface area contributed by atoms with Gasteiger partial charge in [-0.05, 0) is 101 Å². The number of hydrogen-bond acceptors (Lipinski definition) is 5. The number of nitrogens with one attached hydrogen (secondary N) is 1. The zero-order valence-electron chi connectivity index (χ0n) is 37.0. The van der Waals surface area contributed by atoms with Crippen LogP contribution in [0.4, 0.5) is 0 Å². The minimum Gasteiger partial charge on any atom is -0.496 e. The Bertz CT molecular complexity index is 1380. The van der Waals surface area contributed by atoms with Crippen molar-refractivity contribution in [2.75, 3.05) is 20.8 Å². The predicted octanol–water partition coefficient (Wildman–Crippen LogP) is 11.7. The van der Waals surface area contributed by atoms with E-state index in [0.29, 0.717) is 0 Å². The highest BCUT2D eigenvalue weighted by molar-refractivity contribution is 6.74. The molecule has 2 aromatic carbocycles. The fraction of sp³-hybridized carbons (Fsp3) is 0.727. The lowest BCUT2D eigenvalue weighted by Gasteiger charge is -2.47. The summed E-state index contributed by atoms with van der Waals surface area (Å²) in [5.74, 6) is 1.94. The first kappa shape index (κ1) is 43.8. The topological polar surface area (TPSA) is 49.0 Å². The Morgan fingerprint density at radius 2 is 0.902 bits per heavy atom. The monoisotopic (exact) mass is 740 g/mol. The summed E-state index contributed by atoms with van der Waals surface area (Å²) in [5, 5.41) is 4.18. The summed E-state index contributed by atoms with van der Waals surface area (Å²) in [7, 11) is -0.644. The quantitative estimate of drug-likeness (QED) is 0.260. The van der Waals surface area contributed by atoms with E-state index in [2.05, 4.69) is 166 Å². The molecule has 0 unspecified atom stereocenters. The summed E-state index contributed by atoms with van der Waals surface area (Å²) in [6.07, 6.45) is 0.936. The number of benzene rings is 2. The van der Waals surface area contributed by atoms with Crippen LogP contribution in [0.1, 0.15) is 144 Å². The smallest absolute Gasteiger partial charge is 0.192 e. The van der Waals surface area contributed by atoms with Crippen molar-refractivity contribution in [2.45, 2.75) is 187 Å². The summed E-state index contributed by atoms with van der Waals surface area (Å²) < 4.78 is 27.7. The van der Waals surface area contributed by atoms with Gasteiger partial charge in [0.1, 0.15) is 17.1 Å². The highest BCUT2D eigenvalue weighted by Crippen LogP contribution is 2.52. The van der Waals surface area contributed by atoms with Crippen LogP contribution < -0.4 is 14.8 Å². The molecule has 0 saturated carbocycles. The molecule has 1 saturated heterocycles. The van der Waals surface area contributed by atoms with Gasteiger partial charge in [-0.15, -0.1) is 0 Å². The fourth-order valence-corrected chi connectivity index (χ4v) is 10.0. The lowest BCUT2D eigenvalue weighted by Crippen LogP contribution is -2.53. The van der Waals surface area contributed by atoms with E-state index in [-0.39, 0.29) is 38.8 Å². The third-order valence-electron chi connectivity index (χ3n) is 11.0. The van der Waals surface area contributed by atoms with E-state index in [1.165, 1.54) is 33.4 Å². The van der Waals surface area contributed by atoms with Crippen LogP contribution in [0.25, 0.3) is 0 Å². The molecule has 1 aliphatic rings. The number of hydrogen-bond donors (Lipinski definition) is 1. The van der Waals surface area contributed by atoms with E-state index in [1.807, 2.05) is 14.2 Å². The van der Waals surface area contributed by atoms with Gasteiger partial charge in [0.15, 0.2) is 16.6 Å². The molecule has 3 rings (SSSR count). The highest BCUT2D eigenvalue weighted by Gasteiger charge is 2.52. The number of ether oxygens (including phenoxy) is 2. The molecule has 0 aliphatic carbocycles. The maximum Gasteiger partial charge on any atom is 0.192 e. The number of methoxy groups -OCH3 is 2. The Hall–Kier alpha value is -1.65. The van der Waals surface area contributed by atoms with Gasteiger partial charge in [-0.1, -0.05) is 104 Å². The molecule has 1 fully saturated rings. The normalized spacial score (nSPS) is 18.7.